The molecule has 4 heteroatoms. The maximum Gasteiger partial charge on any atom is 0.255 e. The fraction of sp³-hybridized carbons (Fsp3) is 0.214. The van der Waals surface area contributed by atoms with Crippen molar-refractivity contribution in [1.82, 2.24) is 5.32 Å². The molecular formula is C14H14ClNO2. The van der Waals surface area contributed by atoms with Gasteiger partial charge in [0.2, 0.25) is 0 Å². The number of furan rings is 1. The van der Waals surface area contributed by atoms with Gasteiger partial charge in [0, 0.05) is 5.02 Å². The molecule has 2 aromatic rings. The molecule has 0 bridgehead atoms. The van der Waals surface area contributed by atoms with Gasteiger partial charge in [-0.05, 0) is 37.6 Å². The van der Waals surface area contributed by atoms with Gasteiger partial charge >= 0.3 is 0 Å². The molecule has 0 saturated carbocycles. The summed E-state index contributed by atoms with van der Waals surface area (Å²) in [5, 5.41) is 3.60. The number of amides is 1. The highest BCUT2D eigenvalue weighted by molar-refractivity contribution is 6.30. The number of benzene rings is 1. The van der Waals surface area contributed by atoms with Gasteiger partial charge in [-0.1, -0.05) is 23.7 Å². The van der Waals surface area contributed by atoms with Gasteiger partial charge in [-0.2, -0.15) is 0 Å². The first-order valence-corrected chi connectivity index (χ1v) is 6.06. The second-order valence-electron chi connectivity index (χ2n) is 4.14. The van der Waals surface area contributed by atoms with Gasteiger partial charge in [0.1, 0.15) is 5.76 Å². The van der Waals surface area contributed by atoms with E-state index in [4.69, 9.17) is 16.0 Å². The van der Waals surface area contributed by atoms with Crippen LogP contribution in [0.4, 0.5) is 0 Å². The van der Waals surface area contributed by atoms with Crippen molar-refractivity contribution in [3.05, 3.63) is 58.5 Å². The van der Waals surface area contributed by atoms with Crippen molar-refractivity contribution in [2.24, 2.45) is 0 Å². The summed E-state index contributed by atoms with van der Waals surface area (Å²) >= 11 is 5.82. The number of carbonyl (C=O) groups is 1. The standard InChI is InChI=1S/C14H14ClNO2/c1-9(11-3-5-12(15)6-4-11)16-14(17)13-7-8-18-10(13)2/h3-9H,1-2H3,(H,16,17)/t9-/m0/s1. The molecule has 3 nitrogen and oxygen atoms in total. The predicted octanol–water partition coefficient (Wildman–Crippen LogP) is 3.73. The molecule has 0 aliphatic heterocycles. The Morgan fingerprint density at radius 3 is 2.50 bits per heavy atom. The summed E-state index contributed by atoms with van der Waals surface area (Å²) in [6, 6.07) is 9.00. The Bertz CT molecular complexity index is 545. The van der Waals surface area contributed by atoms with E-state index < -0.39 is 0 Å². The van der Waals surface area contributed by atoms with E-state index in [1.807, 2.05) is 31.2 Å². The second kappa shape index (κ2) is 5.27. The fourth-order valence-corrected chi connectivity index (χ4v) is 1.86. The second-order valence-corrected chi connectivity index (χ2v) is 4.57. The van der Waals surface area contributed by atoms with E-state index in [0.717, 1.165) is 5.56 Å². The van der Waals surface area contributed by atoms with E-state index in [2.05, 4.69) is 5.32 Å². The summed E-state index contributed by atoms with van der Waals surface area (Å²) in [5.74, 6) is 0.486. The zero-order chi connectivity index (χ0) is 13.1. The summed E-state index contributed by atoms with van der Waals surface area (Å²) in [6.45, 7) is 3.69. The molecule has 0 radical (unpaired) electrons. The maximum atomic E-state index is 12.0. The number of rotatable bonds is 3. The normalized spacial score (nSPS) is 12.2. The molecule has 0 saturated heterocycles. The minimum Gasteiger partial charge on any atom is -0.469 e. The molecule has 1 aromatic carbocycles. The predicted molar refractivity (Wildman–Crippen MR) is 70.8 cm³/mol. The van der Waals surface area contributed by atoms with E-state index >= 15 is 0 Å². The molecule has 1 N–H and O–H groups in total. The Kier molecular flexibility index (Phi) is 3.72. The van der Waals surface area contributed by atoms with Gasteiger partial charge in [0.05, 0.1) is 17.9 Å². The van der Waals surface area contributed by atoms with Gasteiger partial charge in [-0.15, -0.1) is 0 Å². The van der Waals surface area contributed by atoms with Crippen LogP contribution in [0, 0.1) is 6.92 Å². The lowest BCUT2D eigenvalue weighted by Gasteiger charge is -2.14. The Morgan fingerprint density at radius 1 is 1.28 bits per heavy atom. The van der Waals surface area contributed by atoms with Crippen LogP contribution in [0.2, 0.25) is 5.02 Å². The molecule has 1 atom stereocenters. The summed E-state index contributed by atoms with van der Waals surface area (Å²) in [4.78, 5) is 12.0. The number of carbonyl (C=O) groups excluding carboxylic acids is 1. The lowest BCUT2D eigenvalue weighted by molar-refractivity contribution is 0.0938. The van der Waals surface area contributed by atoms with Crippen LogP contribution in [0.3, 0.4) is 0 Å². The van der Waals surface area contributed by atoms with Crippen LogP contribution in [0.15, 0.2) is 41.0 Å². The van der Waals surface area contributed by atoms with Gasteiger partial charge < -0.3 is 9.73 Å². The average molecular weight is 264 g/mol. The Morgan fingerprint density at radius 2 is 1.94 bits per heavy atom. The Hall–Kier alpha value is -1.74. The molecule has 1 amide bonds. The van der Waals surface area contributed by atoms with Crippen LogP contribution in [0.1, 0.15) is 34.6 Å². The molecular weight excluding hydrogens is 250 g/mol. The van der Waals surface area contributed by atoms with Crippen molar-refractivity contribution in [2.75, 3.05) is 0 Å². The van der Waals surface area contributed by atoms with Crippen LogP contribution < -0.4 is 5.32 Å². The van der Waals surface area contributed by atoms with Crippen LogP contribution in [0.25, 0.3) is 0 Å². The van der Waals surface area contributed by atoms with Crippen LogP contribution >= 0.6 is 11.6 Å². The zero-order valence-corrected chi connectivity index (χ0v) is 11.0. The summed E-state index contributed by atoms with van der Waals surface area (Å²) in [7, 11) is 0. The molecule has 18 heavy (non-hydrogen) atoms. The van der Waals surface area contributed by atoms with Gasteiger partial charge in [-0.3, -0.25) is 4.79 Å². The number of halogens is 1. The highest BCUT2D eigenvalue weighted by Gasteiger charge is 2.14. The summed E-state index contributed by atoms with van der Waals surface area (Å²) < 4.78 is 5.11. The third-order valence-corrected chi connectivity index (χ3v) is 3.07. The number of hydrogen-bond donors (Lipinski definition) is 1. The molecule has 94 valence electrons. The van der Waals surface area contributed by atoms with E-state index in [0.29, 0.717) is 16.3 Å². The van der Waals surface area contributed by atoms with Crippen molar-refractivity contribution >= 4 is 17.5 Å². The monoisotopic (exact) mass is 263 g/mol. The third-order valence-electron chi connectivity index (χ3n) is 2.82. The largest absolute Gasteiger partial charge is 0.469 e. The maximum absolute atomic E-state index is 12.0. The van der Waals surface area contributed by atoms with Gasteiger partial charge in [-0.25, -0.2) is 0 Å². The zero-order valence-electron chi connectivity index (χ0n) is 10.2. The molecule has 2 rings (SSSR count). The highest BCUT2D eigenvalue weighted by Crippen LogP contribution is 2.17. The molecule has 0 spiro atoms. The summed E-state index contributed by atoms with van der Waals surface area (Å²) in [5.41, 5.74) is 1.57. The molecule has 0 aliphatic carbocycles. The van der Waals surface area contributed by atoms with Gasteiger partial charge in [0.25, 0.3) is 5.91 Å². The molecule has 0 unspecified atom stereocenters. The van der Waals surface area contributed by atoms with E-state index in [9.17, 15) is 4.79 Å². The van der Waals surface area contributed by atoms with Crippen molar-refractivity contribution in [2.45, 2.75) is 19.9 Å². The minimum absolute atomic E-state index is 0.0796. The molecule has 0 aliphatic rings. The van der Waals surface area contributed by atoms with E-state index in [1.165, 1.54) is 6.26 Å². The molecule has 1 aromatic heterocycles. The van der Waals surface area contributed by atoms with E-state index in [-0.39, 0.29) is 11.9 Å². The van der Waals surface area contributed by atoms with Crippen LogP contribution in [-0.2, 0) is 0 Å². The van der Waals surface area contributed by atoms with Gasteiger partial charge in [0.15, 0.2) is 0 Å². The van der Waals surface area contributed by atoms with E-state index in [1.54, 1.807) is 13.0 Å². The Balaban J connectivity index is 2.08. The lowest BCUT2D eigenvalue weighted by Crippen LogP contribution is -2.26. The average Bonchev–Trinajstić information content (AvgIpc) is 2.76. The highest BCUT2D eigenvalue weighted by atomic mass is 35.5. The van der Waals surface area contributed by atoms with Crippen molar-refractivity contribution < 1.29 is 9.21 Å². The first kappa shape index (κ1) is 12.7. The first-order chi connectivity index (χ1) is 8.58. The number of nitrogens with one attached hydrogen (secondary N) is 1. The molecule has 1 heterocycles. The molecule has 0 fully saturated rings. The van der Waals surface area contributed by atoms with Crippen LogP contribution in [0.5, 0.6) is 0 Å². The quantitative estimate of drug-likeness (QED) is 0.917. The summed E-state index contributed by atoms with van der Waals surface area (Å²) in [6.07, 6.45) is 1.51. The van der Waals surface area contributed by atoms with Crippen LogP contribution in [-0.4, -0.2) is 5.91 Å². The van der Waals surface area contributed by atoms with Crippen molar-refractivity contribution in [3.8, 4) is 0 Å². The first-order valence-electron chi connectivity index (χ1n) is 5.68. The topological polar surface area (TPSA) is 42.2 Å². The fourth-order valence-electron chi connectivity index (χ4n) is 1.73. The SMILES string of the molecule is Cc1occc1C(=O)N[C@@H](C)c1ccc(Cl)cc1. The Labute approximate surface area is 111 Å². The minimum atomic E-state index is -0.135. The smallest absolute Gasteiger partial charge is 0.255 e. The van der Waals surface area contributed by atoms with Crippen molar-refractivity contribution in [3.63, 3.8) is 0 Å². The number of aryl methyl sites for hydroxylation is 1. The lowest BCUT2D eigenvalue weighted by atomic mass is 10.1. The number of hydrogen-bond acceptors (Lipinski definition) is 2. The van der Waals surface area contributed by atoms with Crippen molar-refractivity contribution in [1.29, 1.82) is 0 Å². The third kappa shape index (κ3) is 2.74.